The standard InChI is InChI=1S/C24H30BrN3O4/c1-14(2)21(27-23(29)18-9-7-16(5)8-10-18)24(30)28-26-13-17-11-19(25)22(32-15(3)4)20(12-17)31-6/h7-15,21H,1-6H3,(H,27,29)(H,28,30)/b26-13+. The summed E-state index contributed by atoms with van der Waals surface area (Å²) in [5.74, 6) is 0.315. The van der Waals surface area contributed by atoms with E-state index in [2.05, 4.69) is 31.8 Å². The van der Waals surface area contributed by atoms with Gasteiger partial charge in [-0.05, 0) is 72.4 Å². The van der Waals surface area contributed by atoms with Crippen molar-refractivity contribution in [2.45, 2.75) is 46.8 Å². The van der Waals surface area contributed by atoms with Crippen molar-refractivity contribution in [2.24, 2.45) is 11.0 Å². The lowest BCUT2D eigenvalue weighted by molar-refractivity contribution is -0.123. The van der Waals surface area contributed by atoms with E-state index < -0.39 is 11.9 Å². The molecule has 0 aromatic heterocycles. The van der Waals surface area contributed by atoms with E-state index in [1.165, 1.54) is 6.21 Å². The number of amides is 2. The Kier molecular flexibility index (Phi) is 9.26. The SMILES string of the molecule is COc1cc(/C=N/NC(=O)C(NC(=O)c2ccc(C)cc2)C(C)C)cc(Br)c1OC(C)C. The van der Waals surface area contributed by atoms with Gasteiger partial charge < -0.3 is 14.8 Å². The van der Waals surface area contributed by atoms with Crippen molar-refractivity contribution in [2.75, 3.05) is 7.11 Å². The van der Waals surface area contributed by atoms with E-state index in [9.17, 15) is 9.59 Å². The molecule has 2 N–H and O–H groups in total. The zero-order chi connectivity index (χ0) is 23.8. The van der Waals surface area contributed by atoms with Gasteiger partial charge in [0.05, 0.1) is 23.9 Å². The van der Waals surface area contributed by atoms with Gasteiger partial charge in [-0.2, -0.15) is 5.10 Å². The Hall–Kier alpha value is -2.87. The number of hydrogen-bond acceptors (Lipinski definition) is 5. The molecule has 0 aliphatic rings. The van der Waals surface area contributed by atoms with Crippen LogP contribution in [0.5, 0.6) is 11.5 Å². The maximum Gasteiger partial charge on any atom is 0.262 e. The summed E-state index contributed by atoms with van der Waals surface area (Å²) in [5.41, 5.74) is 4.77. The minimum absolute atomic E-state index is 0.0120. The summed E-state index contributed by atoms with van der Waals surface area (Å²) in [6.45, 7) is 9.53. The third kappa shape index (κ3) is 7.09. The predicted octanol–water partition coefficient (Wildman–Crippen LogP) is 4.46. The molecule has 7 nitrogen and oxygen atoms in total. The highest BCUT2D eigenvalue weighted by Crippen LogP contribution is 2.36. The topological polar surface area (TPSA) is 89.0 Å². The zero-order valence-electron chi connectivity index (χ0n) is 19.2. The third-order valence-corrected chi connectivity index (χ3v) is 5.13. The summed E-state index contributed by atoms with van der Waals surface area (Å²) >= 11 is 3.48. The summed E-state index contributed by atoms with van der Waals surface area (Å²) in [6, 6.07) is 10.0. The van der Waals surface area contributed by atoms with E-state index in [-0.39, 0.29) is 17.9 Å². The molecule has 2 amide bonds. The van der Waals surface area contributed by atoms with Crippen molar-refractivity contribution in [1.29, 1.82) is 0 Å². The number of nitrogens with one attached hydrogen (secondary N) is 2. The van der Waals surface area contributed by atoms with Crippen LogP contribution in [0.15, 0.2) is 46.0 Å². The summed E-state index contributed by atoms with van der Waals surface area (Å²) in [5, 5.41) is 6.84. The molecule has 2 aromatic carbocycles. The highest BCUT2D eigenvalue weighted by Gasteiger charge is 2.24. The second-order valence-electron chi connectivity index (χ2n) is 8.00. The molecule has 0 bridgehead atoms. The first kappa shape index (κ1) is 25.4. The van der Waals surface area contributed by atoms with Crippen molar-refractivity contribution in [3.63, 3.8) is 0 Å². The monoisotopic (exact) mass is 503 g/mol. The Labute approximate surface area is 197 Å². The van der Waals surface area contributed by atoms with Crippen LogP contribution >= 0.6 is 15.9 Å². The van der Waals surface area contributed by atoms with Crippen molar-refractivity contribution in [3.8, 4) is 11.5 Å². The molecule has 0 heterocycles. The molecule has 172 valence electrons. The lowest BCUT2D eigenvalue weighted by atomic mass is 10.0. The molecule has 0 fully saturated rings. The molecule has 0 spiro atoms. The lowest BCUT2D eigenvalue weighted by Gasteiger charge is -2.20. The molecule has 32 heavy (non-hydrogen) atoms. The van der Waals surface area contributed by atoms with Gasteiger partial charge in [-0.25, -0.2) is 5.43 Å². The van der Waals surface area contributed by atoms with E-state index in [0.717, 1.165) is 5.56 Å². The summed E-state index contributed by atoms with van der Waals surface area (Å²) < 4.78 is 11.9. The Bertz CT molecular complexity index is 972. The first-order valence-electron chi connectivity index (χ1n) is 10.4. The fraction of sp³-hybridized carbons (Fsp3) is 0.375. The molecule has 0 saturated heterocycles. The van der Waals surface area contributed by atoms with Crippen molar-refractivity contribution < 1.29 is 19.1 Å². The molecule has 8 heteroatoms. The lowest BCUT2D eigenvalue weighted by Crippen LogP contribution is -2.48. The van der Waals surface area contributed by atoms with Crippen molar-refractivity contribution >= 4 is 34.0 Å². The number of rotatable bonds is 9. The van der Waals surface area contributed by atoms with Crippen LogP contribution in [0.1, 0.15) is 49.2 Å². The maximum absolute atomic E-state index is 12.7. The fourth-order valence-corrected chi connectivity index (χ4v) is 3.42. The average molecular weight is 504 g/mol. The van der Waals surface area contributed by atoms with Crippen LogP contribution in [0, 0.1) is 12.8 Å². The Morgan fingerprint density at radius 3 is 2.31 bits per heavy atom. The first-order valence-corrected chi connectivity index (χ1v) is 11.2. The average Bonchev–Trinajstić information content (AvgIpc) is 2.73. The smallest absolute Gasteiger partial charge is 0.262 e. The molecule has 1 atom stereocenters. The summed E-state index contributed by atoms with van der Waals surface area (Å²) in [7, 11) is 1.56. The van der Waals surface area contributed by atoms with E-state index in [1.54, 1.807) is 25.3 Å². The van der Waals surface area contributed by atoms with Crippen LogP contribution in [-0.4, -0.2) is 37.3 Å². The molecule has 0 aliphatic carbocycles. The second-order valence-corrected chi connectivity index (χ2v) is 8.85. The van der Waals surface area contributed by atoms with Crippen LogP contribution in [0.4, 0.5) is 0 Å². The van der Waals surface area contributed by atoms with E-state index in [0.29, 0.717) is 27.1 Å². The molecule has 1 unspecified atom stereocenters. The quantitative estimate of drug-likeness (QED) is 0.390. The number of hydrazone groups is 1. The van der Waals surface area contributed by atoms with Crippen LogP contribution < -0.4 is 20.2 Å². The third-order valence-electron chi connectivity index (χ3n) is 4.54. The van der Waals surface area contributed by atoms with E-state index in [4.69, 9.17) is 9.47 Å². The van der Waals surface area contributed by atoms with Gasteiger partial charge in [0.25, 0.3) is 11.8 Å². The zero-order valence-corrected chi connectivity index (χ0v) is 20.8. The Morgan fingerprint density at radius 2 is 1.75 bits per heavy atom. The molecule has 0 aliphatic heterocycles. The molecular formula is C24H30BrN3O4. The maximum atomic E-state index is 12.7. The van der Waals surface area contributed by atoms with Crippen molar-refractivity contribution in [3.05, 3.63) is 57.6 Å². The van der Waals surface area contributed by atoms with Gasteiger partial charge >= 0.3 is 0 Å². The van der Waals surface area contributed by atoms with Gasteiger partial charge in [-0.3, -0.25) is 9.59 Å². The molecule has 2 aromatic rings. The number of carbonyl (C=O) groups is 2. The van der Waals surface area contributed by atoms with Crippen molar-refractivity contribution in [1.82, 2.24) is 10.7 Å². The number of halogens is 1. The van der Waals surface area contributed by atoms with Gasteiger partial charge in [0.2, 0.25) is 0 Å². The number of aryl methyl sites for hydroxylation is 1. The fourth-order valence-electron chi connectivity index (χ4n) is 2.87. The number of ether oxygens (including phenoxy) is 2. The normalized spacial score (nSPS) is 12.2. The first-order chi connectivity index (χ1) is 15.1. The van der Waals surface area contributed by atoms with Gasteiger partial charge in [0.15, 0.2) is 11.5 Å². The predicted molar refractivity (Wildman–Crippen MR) is 129 cm³/mol. The van der Waals surface area contributed by atoms with Crippen LogP contribution in [0.3, 0.4) is 0 Å². The Balaban J connectivity index is 2.08. The molecule has 2 rings (SSSR count). The number of carbonyl (C=O) groups excluding carboxylic acids is 2. The molecule has 0 radical (unpaired) electrons. The van der Waals surface area contributed by atoms with Crippen LogP contribution in [0.2, 0.25) is 0 Å². The Morgan fingerprint density at radius 1 is 1.09 bits per heavy atom. The van der Waals surface area contributed by atoms with Gasteiger partial charge in [-0.15, -0.1) is 0 Å². The number of nitrogens with zero attached hydrogens (tertiary/aromatic N) is 1. The van der Waals surface area contributed by atoms with Gasteiger partial charge in [0, 0.05) is 5.56 Å². The summed E-state index contributed by atoms with van der Waals surface area (Å²) in [4.78, 5) is 25.2. The minimum Gasteiger partial charge on any atom is -0.493 e. The van der Waals surface area contributed by atoms with E-state index in [1.807, 2.05) is 52.8 Å². The highest BCUT2D eigenvalue weighted by atomic mass is 79.9. The van der Waals surface area contributed by atoms with Gasteiger partial charge in [0.1, 0.15) is 6.04 Å². The van der Waals surface area contributed by atoms with Crippen LogP contribution in [0.25, 0.3) is 0 Å². The minimum atomic E-state index is -0.732. The largest absolute Gasteiger partial charge is 0.493 e. The van der Waals surface area contributed by atoms with Gasteiger partial charge in [-0.1, -0.05) is 31.5 Å². The second kappa shape index (κ2) is 11.7. The van der Waals surface area contributed by atoms with Crippen LogP contribution in [-0.2, 0) is 4.79 Å². The summed E-state index contributed by atoms with van der Waals surface area (Å²) in [6.07, 6.45) is 1.49. The van der Waals surface area contributed by atoms with E-state index >= 15 is 0 Å². The molecule has 0 saturated carbocycles. The number of methoxy groups -OCH3 is 1. The molecular weight excluding hydrogens is 474 g/mol. The highest BCUT2D eigenvalue weighted by molar-refractivity contribution is 9.10. The number of benzene rings is 2. The number of hydrogen-bond donors (Lipinski definition) is 2.